The molecule has 2 aliphatic rings. The molecule has 0 saturated carbocycles. The molecule has 214 valence electrons. The molecule has 0 radical (unpaired) electrons. The second-order valence-corrected chi connectivity index (χ2v) is 11.7. The van der Waals surface area contributed by atoms with Crippen molar-refractivity contribution in [3.63, 3.8) is 0 Å². The molecule has 2 saturated heterocycles. The highest BCUT2D eigenvalue weighted by Crippen LogP contribution is 2.41. The summed E-state index contributed by atoms with van der Waals surface area (Å²) < 4.78 is 34.8. The number of likely N-dealkylation sites (tertiary alicyclic amines) is 1. The number of alkyl halides is 1. The van der Waals surface area contributed by atoms with Crippen molar-refractivity contribution in [1.82, 2.24) is 24.8 Å². The number of nitrogens with zero attached hydrogens (tertiary/aromatic N) is 5. The monoisotopic (exact) mass is 554 g/mol. The van der Waals surface area contributed by atoms with Gasteiger partial charge in [0.05, 0.1) is 11.3 Å². The molecule has 0 unspecified atom stereocenters. The molecule has 9 nitrogen and oxygen atoms in total. The van der Waals surface area contributed by atoms with Gasteiger partial charge in [0.2, 0.25) is 0 Å². The number of hydrogen-bond acceptors (Lipinski definition) is 6. The lowest BCUT2D eigenvalue weighted by molar-refractivity contribution is 0.00321. The predicted molar refractivity (Wildman–Crippen MR) is 146 cm³/mol. The van der Waals surface area contributed by atoms with Crippen molar-refractivity contribution in [1.29, 1.82) is 0 Å². The van der Waals surface area contributed by atoms with E-state index in [9.17, 15) is 18.4 Å². The van der Waals surface area contributed by atoms with Crippen LogP contribution in [0.4, 0.5) is 19.3 Å². The summed E-state index contributed by atoms with van der Waals surface area (Å²) in [5.41, 5.74) is 1.15. The van der Waals surface area contributed by atoms with Crippen LogP contribution in [-0.4, -0.2) is 62.3 Å². The van der Waals surface area contributed by atoms with Crippen molar-refractivity contribution in [2.45, 2.75) is 77.7 Å². The zero-order valence-corrected chi connectivity index (χ0v) is 23.5. The zero-order valence-electron chi connectivity index (χ0n) is 23.5. The molecule has 4 heterocycles. The van der Waals surface area contributed by atoms with Crippen molar-refractivity contribution in [3.8, 4) is 0 Å². The summed E-state index contributed by atoms with van der Waals surface area (Å²) >= 11 is 0. The molecule has 2 fully saturated rings. The number of benzene rings is 1. The Balaban J connectivity index is 1.35. The number of carbonyl (C=O) groups is 2. The maximum Gasteiger partial charge on any atom is 0.410 e. The maximum atomic E-state index is 14.5. The van der Waals surface area contributed by atoms with E-state index in [0.29, 0.717) is 36.7 Å². The van der Waals surface area contributed by atoms with Crippen LogP contribution < -0.4 is 10.2 Å². The van der Waals surface area contributed by atoms with Gasteiger partial charge in [-0.2, -0.15) is 5.10 Å². The summed E-state index contributed by atoms with van der Waals surface area (Å²) in [6.45, 7) is 8.47. The van der Waals surface area contributed by atoms with Gasteiger partial charge >= 0.3 is 6.09 Å². The molecular weight excluding hydrogens is 518 g/mol. The van der Waals surface area contributed by atoms with Gasteiger partial charge in [-0.15, -0.1) is 0 Å². The lowest BCUT2D eigenvalue weighted by Crippen LogP contribution is -2.55. The molecular formula is C29H36F2N6O3. The Morgan fingerprint density at radius 2 is 1.85 bits per heavy atom. The highest BCUT2D eigenvalue weighted by Gasteiger charge is 2.47. The molecule has 3 aromatic rings. The van der Waals surface area contributed by atoms with E-state index in [0.717, 1.165) is 31.4 Å². The third-order valence-electron chi connectivity index (χ3n) is 7.77. The highest BCUT2D eigenvalue weighted by atomic mass is 19.1. The molecule has 0 bridgehead atoms. The van der Waals surface area contributed by atoms with E-state index in [1.165, 1.54) is 12.1 Å². The standard InChI is InChI=1S/C29H36F2N6O3/c1-19-33-25-23(35-13-10-29(11-14-35)9-6-12-36(29)27(39)40-28(2,3)4)15-22(18-37(25)34-19)26(38)32-17-21-8-5-7-20(16-30)24(21)31/h5,7-8,15,18H,6,9-14,16-17H2,1-4H3,(H,32,38). The Morgan fingerprint density at radius 1 is 1.12 bits per heavy atom. The van der Waals surface area contributed by atoms with Gasteiger partial charge in [0, 0.05) is 49.0 Å². The van der Waals surface area contributed by atoms with Gasteiger partial charge in [0.15, 0.2) is 5.65 Å². The van der Waals surface area contributed by atoms with Gasteiger partial charge in [-0.05, 0) is 59.4 Å². The molecule has 5 rings (SSSR count). The summed E-state index contributed by atoms with van der Waals surface area (Å²) in [6, 6.07) is 6.26. The van der Waals surface area contributed by atoms with E-state index in [4.69, 9.17) is 4.74 Å². The molecule has 2 aromatic heterocycles. The third-order valence-corrected chi connectivity index (χ3v) is 7.77. The van der Waals surface area contributed by atoms with Crippen LogP contribution in [0.1, 0.15) is 73.8 Å². The van der Waals surface area contributed by atoms with Crippen LogP contribution in [0.15, 0.2) is 30.5 Å². The summed E-state index contributed by atoms with van der Waals surface area (Å²) in [4.78, 5) is 34.8. The van der Waals surface area contributed by atoms with Crippen molar-refractivity contribution in [2.24, 2.45) is 0 Å². The first-order valence-corrected chi connectivity index (χ1v) is 13.7. The van der Waals surface area contributed by atoms with Crippen LogP contribution in [0.2, 0.25) is 0 Å². The molecule has 0 atom stereocenters. The number of nitrogens with one attached hydrogen (secondary N) is 1. The Kier molecular flexibility index (Phi) is 7.41. The fraction of sp³-hybridized carbons (Fsp3) is 0.517. The first kappa shape index (κ1) is 27.8. The van der Waals surface area contributed by atoms with Crippen LogP contribution in [0, 0.1) is 12.7 Å². The largest absolute Gasteiger partial charge is 0.444 e. The fourth-order valence-electron chi connectivity index (χ4n) is 5.81. The van der Waals surface area contributed by atoms with Crippen molar-refractivity contribution in [3.05, 3.63) is 58.8 Å². The van der Waals surface area contributed by atoms with Crippen LogP contribution in [0.3, 0.4) is 0 Å². The molecule has 40 heavy (non-hydrogen) atoms. The van der Waals surface area contributed by atoms with E-state index in [1.807, 2.05) is 25.7 Å². The van der Waals surface area contributed by atoms with Gasteiger partial charge in [-0.1, -0.05) is 18.2 Å². The summed E-state index contributed by atoms with van der Waals surface area (Å²) in [5.74, 6) is -0.478. The number of halogens is 2. The van der Waals surface area contributed by atoms with Crippen LogP contribution >= 0.6 is 0 Å². The minimum atomic E-state index is -0.911. The number of anilines is 1. The minimum Gasteiger partial charge on any atom is -0.444 e. The Morgan fingerprint density at radius 3 is 2.55 bits per heavy atom. The van der Waals surface area contributed by atoms with Crippen LogP contribution in [-0.2, 0) is 18.0 Å². The van der Waals surface area contributed by atoms with E-state index < -0.39 is 24.0 Å². The number of fused-ring (bicyclic) bond motifs is 1. The molecule has 2 aliphatic heterocycles. The van der Waals surface area contributed by atoms with Gasteiger partial charge in [-0.25, -0.2) is 23.1 Å². The summed E-state index contributed by atoms with van der Waals surface area (Å²) in [5, 5.41) is 7.18. The average molecular weight is 555 g/mol. The Hall–Kier alpha value is -3.76. The van der Waals surface area contributed by atoms with Crippen LogP contribution in [0.25, 0.3) is 5.65 Å². The predicted octanol–water partition coefficient (Wildman–Crippen LogP) is 4.95. The molecule has 2 amide bonds. The second kappa shape index (κ2) is 10.7. The summed E-state index contributed by atoms with van der Waals surface area (Å²) in [7, 11) is 0. The molecule has 11 heteroatoms. The van der Waals surface area contributed by atoms with Gasteiger partial charge in [-0.3, -0.25) is 4.79 Å². The van der Waals surface area contributed by atoms with Crippen LogP contribution in [0.5, 0.6) is 0 Å². The van der Waals surface area contributed by atoms with Crippen molar-refractivity contribution < 1.29 is 23.1 Å². The SMILES string of the molecule is Cc1nc2c(N3CCC4(CCCN4C(=O)OC(C)(C)C)CC3)cc(C(=O)NCc3cccc(CF)c3F)cn2n1. The number of amides is 2. The Labute approximate surface area is 232 Å². The number of piperidine rings is 1. The van der Waals surface area contributed by atoms with E-state index in [2.05, 4.69) is 20.3 Å². The zero-order chi connectivity index (χ0) is 28.7. The topological polar surface area (TPSA) is 92.1 Å². The normalized spacial score (nSPS) is 17.1. The van der Waals surface area contributed by atoms with Gasteiger partial charge in [0.25, 0.3) is 5.91 Å². The first-order chi connectivity index (χ1) is 19.0. The Bertz CT molecular complexity index is 1430. The first-order valence-electron chi connectivity index (χ1n) is 13.7. The number of pyridine rings is 1. The van der Waals surface area contributed by atoms with Crippen molar-refractivity contribution in [2.75, 3.05) is 24.5 Å². The maximum absolute atomic E-state index is 14.5. The fourth-order valence-corrected chi connectivity index (χ4v) is 5.81. The lowest BCUT2D eigenvalue weighted by atomic mass is 9.85. The minimum absolute atomic E-state index is 0.0380. The molecule has 0 aliphatic carbocycles. The van der Waals surface area contributed by atoms with Gasteiger partial charge < -0.3 is 19.9 Å². The molecule has 1 N–H and O–H groups in total. The number of rotatable bonds is 5. The number of aromatic nitrogens is 3. The van der Waals surface area contributed by atoms with Crippen molar-refractivity contribution >= 4 is 23.3 Å². The second-order valence-electron chi connectivity index (χ2n) is 11.7. The molecule has 1 aromatic carbocycles. The summed E-state index contributed by atoms with van der Waals surface area (Å²) in [6.07, 6.45) is 4.76. The number of carbonyl (C=O) groups excluding carboxylic acids is 2. The van der Waals surface area contributed by atoms with E-state index in [1.54, 1.807) is 29.8 Å². The van der Waals surface area contributed by atoms with E-state index in [-0.39, 0.29) is 29.3 Å². The van der Waals surface area contributed by atoms with E-state index >= 15 is 0 Å². The third kappa shape index (κ3) is 5.46. The number of aryl methyl sites for hydroxylation is 1. The van der Waals surface area contributed by atoms with Gasteiger partial charge in [0.1, 0.15) is 23.9 Å². The highest BCUT2D eigenvalue weighted by molar-refractivity contribution is 5.96. The smallest absolute Gasteiger partial charge is 0.410 e. The average Bonchev–Trinajstić information content (AvgIpc) is 3.49. The number of ether oxygens (including phenoxy) is 1. The quantitative estimate of drug-likeness (QED) is 0.480. The number of hydrogen-bond donors (Lipinski definition) is 1. The molecule has 1 spiro atoms. The lowest BCUT2D eigenvalue weighted by Gasteiger charge is -2.45.